The number of aliphatic imine (C=N–C) groups is 1. The Kier molecular flexibility index (Phi) is 9.63. The smallest absolute Gasteiger partial charge is 0.308 e. The molecule has 1 unspecified atom stereocenters. The molecular weight excluding hydrogens is 520 g/mol. The highest BCUT2D eigenvalue weighted by atomic mass is 16.5. The fourth-order valence-corrected chi connectivity index (χ4v) is 4.75. The molecule has 0 spiro atoms. The van der Waals surface area contributed by atoms with Crippen molar-refractivity contribution in [3.63, 3.8) is 0 Å². The quantitative estimate of drug-likeness (QED) is 0.232. The second-order valence-electron chi connectivity index (χ2n) is 9.86. The van der Waals surface area contributed by atoms with Crippen LogP contribution in [0.5, 0.6) is 0 Å². The van der Waals surface area contributed by atoms with Crippen LogP contribution in [0.2, 0.25) is 0 Å². The highest BCUT2D eigenvalue weighted by molar-refractivity contribution is 6.08. The Morgan fingerprint density at radius 3 is 2.32 bits per heavy atom. The SMILES string of the molecule is CCOC(=O)CC(NC(=O)c1ccc(C(=O)N2CCCC2)c(C)c1)c1cccc(C(N)=NC(=O)c2ccccc2)c1. The van der Waals surface area contributed by atoms with E-state index < -0.39 is 23.8 Å². The molecule has 0 bridgehead atoms. The van der Waals surface area contributed by atoms with Crippen molar-refractivity contribution in [1.82, 2.24) is 10.2 Å². The van der Waals surface area contributed by atoms with Gasteiger partial charge in [-0.1, -0.05) is 36.4 Å². The molecule has 3 N–H and O–H groups in total. The molecule has 0 radical (unpaired) electrons. The van der Waals surface area contributed by atoms with Gasteiger partial charge in [0.1, 0.15) is 5.84 Å². The summed E-state index contributed by atoms with van der Waals surface area (Å²) in [4.78, 5) is 57.0. The molecule has 3 aromatic carbocycles. The molecule has 41 heavy (non-hydrogen) atoms. The van der Waals surface area contributed by atoms with Gasteiger partial charge in [-0.3, -0.25) is 19.2 Å². The molecule has 0 aliphatic carbocycles. The van der Waals surface area contributed by atoms with E-state index >= 15 is 0 Å². The van der Waals surface area contributed by atoms with Crippen LogP contribution in [-0.2, 0) is 9.53 Å². The zero-order valence-electron chi connectivity index (χ0n) is 23.3. The third-order valence-corrected chi connectivity index (χ3v) is 6.92. The number of amides is 3. The highest BCUT2D eigenvalue weighted by Crippen LogP contribution is 2.22. The number of ether oxygens (including phenoxy) is 1. The number of hydrogen-bond donors (Lipinski definition) is 2. The lowest BCUT2D eigenvalue weighted by Gasteiger charge is -2.20. The molecule has 1 atom stereocenters. The highest BCUT2D eigenvalue weighted by Gasteiger charge is 2.24. The summed E-state index contributed by atoms with van der Waals surface area (Å²) < 4.78 is 5.14. The Bertz CT molecular complexity index is 1460. The van der Waals surface area contributed by atoms with Crippen molar-refractivity contribution in [3.05, 3.63) is 106 Å². The lowest BCUT2D eigenvalue weighted by Crippen LogP contribution is -2.31. The van der Waals surface area contributed by atoms with E-state index in [1.54, 1.807) is 86.6 Å². The van der Waals surface area contributed by atoms with Gasteiger partial charge in [0, 0.05) is 35.3 Å². The minimum Gasteiger partial charge on any atom is -0.466 e. The van der Waals surface area contributed by atoms with Crippen molar-refractivity contribution in [3.8, 4) is 0 Å². The molecule has 9 nitrogen and oxygen atoms in total. The third kappa shape index (κ3) is 7.45. The normalized spacial score (nSPS) is 13.9. The number of carbonyl (C=O) groups is 4. The van der Waals surface area contributed by atoms with E-state index in [2.05, 4.69) is 10.3 Å². The zero-order valence-corrected chi connectivity index (χ0v) is 23.3. The standard InChI is InChI=1S/C32H34N4O5/c1-3-41-28(37)20-27(23-12-9-13-24(19-23)29(33)35-30(38)22-10-5-4-6-11-22)34-31(39)25-14-15-26(21(2)18-25)32(40)36-16-7-8-17-36/h4-6,9-15,18-19,27H,3,7-8,16-17,20H2,1-2H3,(H,34,39)(H2,33,35,38). The van der Waals surface area contributed by atoms with Gasteiger partial charge in [-0.2, -0.15) is 4.99 Å². The van der Waals surface area contributed by atoms with Crippen LogP contribution < -0.4 is 11.1 Å². The fraction of sp³-hybridized carbons (Fsp3) is 0.281. The lowest BCUT2D eigenvalue weighted by atomic mass is 9.99. The molecule has 0 aromatic heterocycles. The van der Waals surface area contributed by atoms with Gasteiger partial charge in [0.2, 0.25) is 0 Å². The molecule has 1 aliphatic rings. The van der Waals surface area contributed by atoms with Gasteiger partial charge < -0.3 is 20.7 Å². The second kappa shape index (κ2) is 13.5. The molecule has 4 rings (SSSR count). The van der Waals surface area contributed by atoms with E-state index in [0.29, 0.717) is 33.4 Å². The number of aryl methyl sites for hydroxylation is 1. The second-order valence-corrected chi connectivity index (χ2v) is 9.86. The molecule has 9 heteroatoms. The van der Waals surface area contributed by atoms with E-state index in [-0.39, 0.29) is 24.8 Å². The first-order chi connectivity index (χ1) is 19.8. The van der Waals surface area contributed by atoms with Gasteiger partial charge in [-0.15, -0.1) is 0 Å². The maximum atomic E-state index is 13.3. The van der Waals surface area contributed by atoms with Gasteiger partial charge in [0.25, 0.3) is 17.7 Å². The Morgan fingerprint density at radius 2 is 1.63 bits per heavy atom. The number of likely N-dealkylation sites (tertiary alicyclic amines) is 1. The summed E-state index contributed by atoms with van der Waals surface area (Å²) in [5, 5.41) is 2.92. The van der Waals surface area contributed by atoms with Gasteiger partial charge in [0.15, 0.2) is 0 Å². The largest absolute Gasteiger partial charge is 0.466 e. The Hall–Kier alpha value is -4.79. The summed E-state index contributed by atoms with van der Waals surface area (Å²) in [7, 11) is 0. The topological polar surface area (TPSA) is 131 Å². The maximum Gasteiger partial charge on any atom is 0.308 e. The molecule has 1 aliphatic heterocycles. The number of carbonyl (C=O) groups excluding carboxylic acids is 4. The Morgan fingerprint density at radius 1 is 0.927 bits per heavy atom. The van der Waals surface area contributed by atoms with Crippen LogP contribution in [0, 0.1) is 6.92 Å². The van der Waals surface area contributed by atoms with Crippen molar-refractivity contribution >= 4 is 29.5 Å². The van der Waals surface area contributed by atoms with Gasteiger partial charge in [0.05, 0.1) is 19.1 Å². The summed E-state index contributed by atoms with van der Waals surface area (Å²) in [6.07, 6.45) is 1.87. The molecule has 3 aromatic rings. The number of hydrogen-bond acceptors (Lipinski definition) is 5. The molecule has 1 fully saturated rings. The van der Waals surface area contributed by atoms with E-state index in [9.17, 15) is 19.2 Å². The first kappa shape index (κ1) is 29.2. The van der Waals surface area contributed by atoms with Crippen molar-refractivity contribution in [2.45, 2.75) is 39.2 Å². The van der Waals surface area contributed by atoms with E-state index in [0.717, 1.165) is 25.9 Å². The molecule has 0 saturated carbocycles. The van der Waals surface area contributed by atoms with Crippen LogP contribution in [-0.4, -0.2) is 54.1 Å². The monoisotopic (exact) mass is 554 g/mol. The number of amidine groups is 1. The molecule has 3 amide bonds. The van der Waals surface area contributed by atoms with Crippen LogP contribution in [0.25, 0.3) is 0 Å². The third-order valence-electron chi connectivity index (χ3n) is 6.92. The first-order valence-corrected chi connectivity index (χ1v) is 13.7. The fourth-order valence-electron chi connectivity index (χ4n) is 4.75. The summed E-state index contributed by atoms with van der Waals surface area (Å²) in [6.45, 7) is 5.20. The van der Waals surface area contributed by atoms with E-state index in [1.807, 2.05) is 4.90 Å². The molecular formula is C32H34N4O5. The Balaban J connectivity index is 1.56. The van der Waals surface area contributed by atoms with Crippen molar-refractivity contribution in [2.75, 3.05) is 19.7 Å². The van der Waals surface area contributed by atoms with Crippen LogP contribution in [0.4, 0.5) is 0 Å². The van der Waals surface area contributed by atoms with E-state index in [4.69, 9.17) is 10.5 Å². The number of benzene rings is 3. The number of nitrogens with two attached hydrogens (primary N) is 1. The zero-order chi connectivity index (χ0) is 29.4. The van der Waals surface area contributed by atoms with Crippen LogP contribution in [0.1, 0.15) is 80.0 Å². The first-order valence-electron chi connectivity index (χ1n) is 13.7. The Labute approximate surface area is 239 Å². The predicted octanol–water partition coefficient (Wildman–Crippen LogP) is 4.20. The number of nitrogens with one attached hydrogen (secondary N) is 1. The van der Waals surface area contributed by atoms with Gasteiger partial charge >= 0.3 is 5.97 Å². The van der Waals surface area contributed by atoms with Gasteiger partial charge in [-0.25, -0.2) is 0 Å². The number of rotatable bonds is 9. The molecule has 1 saturated heterocycles. The average molecular weight is 555 g/mol. The van der Waals surface area contributed by atoms with E-state index in [1.165, 1.54) is 0 Å². The van der Waals surface area contributed by atoms with Gasteiger partial charge in [-0.05, 0) is 74.2 Å². The summed E-state index contributed by atoms with van der Waals surface area (Å²) >= 11 is 0. The van der Waals surface area contributed by atoms with Crippen LogP contribution in [0.15, 0.2) is 77.8 Å². The summed E-state index contributed by atoms with van der Waals surface area (Å²) in [5.41, 5.74) is 9.26. The minimum atomic E-state index is -0.745. The average Bonchev–Trinajstić information content (AvgIpc) is 3.52. The lowest BCUT2D eigenvalue weighted by molar-refractivity contribution is -0.143. The van der Waals surface area contributed by atoms with Crippen molar-refractivity contribution in [1.29, 1.82) is 0 Å². The van der Waals surface area contributed by atoms with Crippen molar-refractivity contribution in [2.24, 2.45) is 10.7 Å². The summed E-state index contributed by atoms with van der Waals surface area (Å²) in [6, 6.07) is 19.6. The predicted molar refractivity (Wildman–Crippen MR) is 156 cm³/mol. The summed E-state index contributed by atoms with van der Waals surface area (Å²) in [5.74, 6) is -1.39. The minimum absolute atomic E-state index is 0.01000. The molecule has 1 heterocycles. The van der Waals surface area contributed by atoms with Crippen LogP contribution >= 0.6 is 0 Å². The number of nitrogens with zero attached hydrogens (tertiary/aromatic N) is 2. The number of esters is 1. The molecule has 212 valence electrons. The maximum absolute atomic E-state index is 13.3. The van der Waals surface area contributed by atoms with Crippen LogP contribution in [0.3, 0.4) is 0 Å². The van der Waals surface area contributed by atoms with Crippen molar-refractivity contribution < 1.29 is 23.9 Å².